The molecule has 0 N–H and O–H groups in total. The van der Waals surface area contributed by atoms with Crippen LogP contribution in [0, 0.1) is 0 Å². The number of amides is 1. The standard InChI is InChI=1S/C22H25NO4/c1-22(2,3)27-21(25)23-13-11-15(12-14-23)16-9-10-19(20(24)26-4)18-8-6-5-7-17(16)18/h5-11H,12-14H2,1-4H3. The molecule has 3 rings (SSSR count). The molecule has 2 aromatic carbocycles. The zero-order chi connectivity index (χ0) is 19.6. The van der Waals surface area contributed by atoms with Crippen LogP contribution in [0.25, 0.3) is 16.3 Å². The average Bonchev–Trinajstić information content (AvgIpc) is 2.65. The minimum absolute atomic E-state index is 0.288. The van der Waals surface area contributed by atoms with Gasteiger partial charge >= 0.3 is 12.1 Å². The van der Waals surface area contributed by atoms with E-state index in [1.54, 1.807) is 4.90 Å². The molecule has 0 fully saturated rings. The van der Waals surface area contributed by atoms with Gasteiger partial charge in [-0.3, -0.25) is 0 Å². The Morgan fingerprint density at radius 2 is 1.74 bits per heavy atom. The minimum Gasteiger partial charge on any atom is -0.465 e. The molecule has 5 heteroatoms. The summed E-state index contributed by atoms with van der Waals surface area (Å²) < 4.78 is 10.3. The van der Waals surface area contributed by atoms with Crippen molar-refractivity contribution in [2.75, 3.05) is 20.2 Å². The van der Waals surface area contributed by atoms with Gasteiger partial charge in [-0.05, 0) is 55.2 Å². The monoisotopic (exact) mass is 367 g/mol. The minimum atomic E-state index is -0.499. The molecule has 1 amide bonds. The van der Waals surface area contributed by atoms with Gasteiger partial charge in [0, 0.05) is 13.1 Å². The molecule has 0 saturated heterocycles. The molecule has 0 saturated carbocycles. The summed E-state index contributed by atoms with van der Waals surface area (Å²) in [6.07, 6.45) is 2.51. The van der Waals surface area contributed by atoms with E-state index >= 15 is 0 Å². The lowest BCUT2D eigenvalue weighted by Gasteiger charge is -2.30. The van der Waals surface area contributed by atoms with Gasteiger partial charge in [0.1, 0.15) is 5.60 Å². The lowest BCUT2D eigenvalue weighted by atomic mass is 9.92. The highest BCUT2D eigenvalue weighted by Crippen LogP contribution is 2.31. The third kappa shape index (κ3) is 4.13. The molecular formula is C22H25NO4. The first-order chi connectivity index (χ1) is 12.8. The van der Waals surface area contributed by atoms with Crippen molar-refractivity contribution in [3.63, 3.8) is 0 Å². The maximum Gasteiger partial charge on any atom is 0.410 e. The second-order valence-electron chi connectivity index (χ2n) is 7.60. The molecule has 1 aliphatic heterocycles. The lowest BCUT2D eigenvalue weighted by Crippen LogP contribution is -2.39. The summed E-state index contributed by atoms with van der Waals surface area (Å²) in [5.74, 6) is -0.341. The Hall–Kier alpha value is -2.82. The summed E-state index contributed by atoms with van der Waals surface area (Å²) in [6, 6.07) is 11.6. The van der Waals surface area contributed by atoms with Crippen molar-refractivity contribution in [1.29, 1.82) is 0 Å². The van der Waals surface area contributed by atoms with E-state index in [1.165, 1.54) is 12.7 Å². The highest BCUT2D eigenvalue weighted by Gasteiger charge is 2.24. The summed E-state index contributed by atoms with van der Waals surface area (Å²) >= 11 is 0. The molecule has 0 unspecified atom stereocenters. The number of carbonyl (C=O) groups excluding carboxylic acids is 2. The van der Waals surface area contributed by atoms with E-state index < -0.39 is 5.60 Å². The molecule has 142 valence electrons. The lowest BCUT2D eigenvalue weighted by molar-refractivity contribution is 0.0270. The Bertz CT molecular complexity index is 908. The van der Waals surface area contributed by atoms with Gasteiger partial charge < -0.3 is 14.4 Å². The first-order valence-electron chi connectivity index (χ1n) is 9.07. The van der Waals surface area contributed by atoms with Crippen LogP contribution in [0.2, 0.25) is 0 Å². The second-order valence-corrected chi connectivity index (χ2v) is 7.60. The molecule has 0 spiro atoms. The Morgan fingerprint density at radius 3 is 2.33 bits per heavy atom. The molecule has 0 radical (unpaired) electrons. The Kier molecular flexibility index (Phi) is 5.22. The van der Waals surface area contributed by atoms with E-state index in [1.807, 2.05) is 57.2 Å². The van der Waals surface area contributed by atoms with Gasteiger partial charge in [-0.2, -0.15) is 0 Å². The van der Waals surface area contributed by atoms with Crippen molar-refractivity contribution < 1.29 is 19.1 Å². The molecule has 0 atom stereocenters. The fraction of sp³-hybridized carbons (Fsp3) is 0.364. The highest BCUT2D eigenvalue weighted by atomic mass is 16.6. The smallest absolute Gasteiger partial charge is 0.410 e. The zero-order valence-corrected chi connectivity index (χ0v) is 16.2. The first kappa shape index (κ1) is 19.0. The van der Waals surface area contributed by atoms with Crippen LogP contribution in [0.5, 0.6) is 0 Å². The van der Waals surface area contributed by atoms with Gasteiger partial charge in [-0.1, -0.05) is 36.4 Å². The van der Waals surface area contributed by atoms with Crippen LogP contribution >= 0.6 is 0 Å². The van der Waals surface area contributed by atoms with Gasteiger partial charge in [0.25, 0.3) is 0 Å². The number of hydrogen-bond donors (Lipinski definition) is 0. The van der Waals surface area contributed by atoms with Gasteiger partial charge in [0.2, 0.25) is 0 Å². The average molecular weight is 367 g/mol. The molecule has 1 aliphatic rings. The maximum absolute atomic E-state index is 12.2. The number of rotatable bonds is 2. The van der Waals surface area contributed by atoms with Crippen molar-refractivity contribution in [3.8, 4) is 0 Å². The fourth-order valence-corrected chi connectivity index (χ4v) is 3.27. The number of hydrogen-bond acceptors (Lipinski definition) is 4. The van der Waals surface area contributed by atoms with E-state index in [9.17, 15) is 9.59 Å². The quantitative estimate of drug-likeness (QED) is 0.725. The van der Waals surface area contributed by atoms with Crippen LogP contribution in [0.15, 0.2) is 42.5 Å². The molecule has 2 aromatic rings. The van der Waals surface area contributed by atoms with Crippen LogP contribution in [0.3, 0.4) is 0 Å². The fourth-order valence-electron chi connectivity index (χ4n) is 3.27. The molecule has 1 heterocycles. The van der Waals surface area contributed by atoms with Crippen molar-refractivity contribution in [1.82, 2.24) is 4.90 Å². The van der Waals surface area contributed by atoms with Gasteiger partial charge in [0.15, 0.2) is 0 Å². The van der Waals surface area contributed by atoms with Crippen LogP contribution in [0.4, 0.5) is 4.79 Å². The van der Waals surface area contributed by atoms with Crippen molar-refractivity contribution >= 4 is 28.4 Å². The molecule has 0 aromatic heterocycles. The van der Waals surface area contributed by atoms with Crippen molar-refractivity contribution in [3.05, 3.63) is 53.6 Å². The number of fused-ring (bicyclic) bond motifs is 1. The first-order valence-corrected chi connectivity index (χ1v) is 9.07. The van der Waals surface area contributed by atoms with E-state index in [4.69, 9.17) is 9.47 Å². The summed E-state index contributed by atoms with van der Waals surface area (Å²) in [5, 5.41) is 1.88. The SMILES string of the molecule is COC(=O)c1ccc(C2=CCN(C(=O)OC(C)(C)C)CC2)c2ccccc12. The Balaban J connectivity index is 1.89. The third-order valence-corrected chi connectivity index (χ3v) is 4.54. The molecule has 0 aliphatic carbocycles. The van der Waals surface area contributed by atoms with E-state index in [0.717, 1.165) is 22.8 Å². The number of benzene rings is 2. The second kappa shape index (κ2) is 7.43. The number of methoxy groups -OCH3 is 1. The van der Waals surface area contributed by atoms with Gasteiger partial charge in [-0.15, -0.1) is 0 Å². The summed E-state index contributed by atoms with van der Waals surface area (Å²) in [4.78, 5) is 26.0. The molecule has 5 nitrogen and oxygen atoms in total. The Morgan fingerprint density at radius 1 is 1.04 bits per heavy atom. The van der Waals surface area contributed by atoms with Crippen LogP contribution in [0.1, 0.15) is 43.1 Å². The topological polar surface area (TPSA) is 55.8 Å². The third-order valence-electron chi connectivity index (χ3n) is 4.54. The largest absolute Gasteiger partial charge is 0.465 e. The predicted molar refractivity (Wildman–Crippen MR) is 106 cm³/mol. The molecular weight excluding hydrogens is 342 g/mol. The molecule has 27 heavy (non-hydrogen) atoms. The number of ether oxygens (including phenoxy) is 2. The Labute approximate surface area is 159 Å². The summed E-state index contributed by atoms with van der Waals surface area (Å²) in [6.45, 7) is 6.71. The number of carbonyl (C=O) groups is 2. The summed E-state index contributed by atoms with van der Waals surface area (Å²) in [7, 11) is 1.39. The van der Waals surface area contributed by atoms with Crippen molar-refractivity contribution in [2.45, 2.75) is 32.8 Å². The number of nitrogens with zero attached hydrogens (tertiary/aromatic N) is 1. The predicted octanol–water partition coefficient (Wildman–Crippen LogP) is 4.65. The van der Waals surface area contributed by atoms with Crippen molar-refractivity contribution in [2.24, 2.45) is 0 Å². The maximum atomic E-state index is 12.2. The summed E-state index contributed by atoms with van der Waals surface area (Å²) in [5.41, 5.74) is 2.31. The highest BCUT2D eigenvalue weighted by molar-refractivity contribution is 6.07. The zero-order valence-electron chi connectivity index (χ0n) is 16.2. The van der Waals surface area contributed by atoms with E-state index in [-0.39, 0.29) is 12.1 Å². The number of esters is 1. The van der Waals surface area contributed by atoms with Gasteiger partial charge in [-0.25, -0.2) is 9.59 Å². The van der Waals surface area contributed by atoms with E-state index in [0.29, 0.717) is 18.7 Å². The normalized spacial score (nSPS) is 14.7. The van der Waals surface area contributed by atoms with Gasteiger partial charge in [0.05, 0.1) is 12.7 Å². The van der Waals surface area contributed by atoms with Crippen LogP contribution in [-0.2, 0) is 9.47 Å². The molecule has 0 bridgehead atoms. The van der Waals surface area contributed by atoms with E-state index in [2.05, 4.69) is 6.08 Å². The van der Waals surface area contributed by atoms with Crippen LogP contribution < -0.4 is 0 Å². The van der Waals surface area contributed by atoms with Crippen LogP contribution in [-0.4, -0.2) is 42.8 Å².